The zero-order chi connectivity index (χ0) is 12.5. The van der Waals surface area contributed by atoms with E-state index in [4.69, 9.17) is 22.7 Å². The summed E-state index contributed by atoms with van der Waals surface area (Å²) in [5.41, 5.74) is 8.29. The molecular formula is C14H19NOS. The van der Waals surface area contributed by atoms with Gasteiger partial charge in [-0.25, -0.2) is 0 Å². The Morgan fingerprint density at radius 3 is 2.65 bits per heavy atom. The van der Waals surface area contributed by atoms with E-state index in [0.29, 0.717) is 4.99 Å². The second-order valence-electron chi connectivity index (χ2n) is 5.20. The van der Waals surface area contributed by atoms with E-state index in [-0.39, 0.29) is 5.41 Å². The van der Waals surface area contributed by atoms with E-state index >= 15 is 0 Å². The topological polar surface area (TPSA) is 35.2 Å². The van der Waals surface area contributed by atoms with E-state index in [1.807, 2.05) is 6.07 Å². The maximum absolute atomic E-state index is 5.90. The van der Waals surface area contributed by atoms with Crippen LogP contribution in [0.2, 0.25) is 0 Å². The van der Waals surface area contributed by atoms with Crippen LogP contribution in [0, 0.1) is 19.3 Å². The largest absolute Gasteiger partial charge is 0.493 e. The second-order valence-corrected chi connectivity index (χ2v) is 5.73. The van der Waals surface area contributed by atoms with Crippen molar-refractivity contribution in [3.05, 3.63) is 29.3 Å². The monoisotopic (exact) mass is 249 g/mol. The normalized spacial score (nSPS) is 16.6. The van der Waals surface area contributed by atoms with Crippen LogP contribution in [0.4, 0.5) is 0 Å². The summed E-state index contributed by atoms with van der Waals surface area (Å²) in [6, 6.07) is 6.26. The number of thiocarbonyl (C=S) groups is 1. The number of aryl methyl sites for hydroxylation is 2. The van der Waals surface area contributed by atoms with E-state index in [9.17, 15) is 0 Å². The summed E-state index contributed by atoms with van der Waals surface area (Å²) < 4.78 is 5.90. The summed E-state index contributed by atoms with van der Waals surface area (Å²) in [7, 11) is 0. The third kappa shape index (κ3) is 3.19. The fourth-order valence-corrected chi connectivity index (χ4v) is 2.42. The van der Waals surface area contributed by atoms with Gasteiger partial charge in [-0.3, -0.25) is 0 Å². The van der Waals surface area contributed by atoms with Crippen LogP contribution in [-0.4, -0.2) is 11.6 Å². The van der Waals surface area contributed by atoms with Gasteiger partial charge in [-0.1, -0.05) is 29.9 Å². The first kappa shape index (κ1) is 12.4. The molecule has 2 nitrogen and oxygen atoms in total. The van der Waals surface area contributed by atoms with Crippen molar-refractivity contribution >= 4 is 17.2 Å². The Labute approximate surface area is 108 Å². The Morgan fingerprint density at radius 2 is 2.12 bits per heavy atom. The molecule has 2 rings (SSSR count). The summed E-state index contributed by atoms with van der Waals surface area (Å²) in [5.74, 6) is 0.977. The van der Waals surface area contributed by atoms with Crippen molar-refractivity contribution in [1.82, 2.24) is 0 Å². The van der Waals surface area contributed by atoms with Crippen molar-refractivity contribution in [2.75, 3.05) is 6.61 Å². The van der Waals surface area contributed by atoms with Gasteiger partial charge < -0.3 is 10.5 Å². The highest BCUT2D eigenvalue weighted by molar-refractivity contribution is 7.80. The van der Waals surface area contributed by atoms with E-state index in [1.165, 1.54) is 24.0 Å². The first-order valence-corrected chi connectivity index (χ1v) is 6.40. The predicted octanol–water partition coefficient (Wildman–Crippen LogP) is 3.14. The third-order valence-corrected chi connectivity index (χ3v) is 3.51. The first-order chi connectivity index (χ1) is 8.01. The summed E-state index contributed by atoms with van der Waals surface area (Å²) in [6.07, 6.45) is 3.16. The van der Waals surface area contributed by atoms with Gasteiger partial charge >= 0.3 is 0 Å². The van der Waals surface area contributed by atoms with Gasteiger partial charge in [0.25, 0.3) is 0 Å². The van der Waals surface area contributed by atoms with Gasteiger partial charge in [0.2, 0.25) is 0 Å². The Hall–Kier alpha value is -1.09. The highest BCUT2D eigenvalue weighted by Crippen LogP contribution is 2.49. The maximum Gasteiger partial charge on any atom is 0.122 e. The van der Waals surface area contributed by atoms with Crippen molar-refractivity contribution in [2.45, 2.75) is 33.1 Å². The smallest absolute Gasteiger partial charge is 0.122 e. The van der Waals surface area contributed by atoms with Crippen LogP contribution in [0.25, 0.3) is 0 Å². The molecule has 0 radical (unpaired) electrons. The second kappa shape index (κ2) is 4.65. The summed E-state index contributed by atoms with van der Waals surface area (Å²) >= 11 is 4.98. The Bertz CT molecular complexity index is 438. The molecule has 0 heterocycles. The number of rotatable bonds is 5. The molecule has 1 aromatic rings. The highest BCUT2D eigenvalue weighted by Gasteiger charge is 2.43. The lowest BCUT2D eigenvalue weighted by atomic mass is 10.0. The zero-order valence-corrected chi connectivity index (χ0v) is 11.3. The first-order valence-electron chi connectivity index (χ1n) is 5.99. The lowest BCUT2D eigenvalue weighted by molar-refractivity contribution is 0.237. The summed E-state index contributed by atoms with van der Waals surface area (Å²) in [4.78, 5) is 0.603. The van der Waals surface area contributed by atoms with Crippen molar-refractivity contribution in [2.24, 2.45) is 11.1 Å². The summed E-state index contributed by atoms with van der Waals surface area (Å²) in [5, 5.41) is 0. The molecule has 0 atom stereocenters. The quantitative estimate of drug-likeness (QED) is 0.814. The van der Waals surface area contributed by atoms with Crippen molar-refractivity contribution in [3.63, 3.8) is 0 Å². The maximum atomic E-state index is 5.90. The molecule has 0 aliphatic heterocycles. The molecule has 0 bridgehead atoms. The lowest BCUT2D eigenvalue weighted by Gasteiger charge is -2.16. The minimum Gasteiger partial charge on any atom is -0.493 e. The molecule has 0 unspecified atom stereocenters. The third-order valence-electron chi connectivity index (χ3n) is 3.37. The predicted molar refractivity (Wildman–Crippen MR) is 74.5 cm³/mol. The van der Waals surface area contributed by atoms with Crippen molar-refractivity contribution in [3.8, 4) is 5.75 Å². The molecule has 17 heavy (non-hydrogen) atoms. The van der Waals surface area contributed by atoms with Crippen LogP contribution in [-0.2, 0) is 0 Å². The van der Waals surface area contributed by atoms with Gasteiger partial charge in [0.05, 0.1) is 11.6 Å². The van der Waals surface area contributed by atoms with Gasteiger partial charge in [-0.2, -0.15) is 0 Å². The number of hydrogen-bond acceptors (Lipinski definition) is 2. The number of benzene rings is 1. The molecule has 1 aliphatic rings. The van der Waals surface area contributed by atoms with E-state index in [0.717, 1.165) is 18.8 Å². The Kier molecular flexibility index (Phi) is 3.38. The van der Waals surface area contributed by atoms with E-state index in [1.54, 1.807) is 0 Å². The van der Waals surface area contributed by atoms with Crippen LogP contribution in [0.5, 0.6) is 5.75 Å². The molecule has 92 valence electrons. The standard InChI is InChI=1S/C14H19NOS/c1-10-3-4-12(11(2)7-10)16-9-14(5-6-14)8-13(15)17/h3-4,7H,5-6,8-9H2,1-2H3,(H2,15,17). The van der Waals surface area contributed by atoms with E-state index in [2.05, 4.69) is 26.0 Å². The molecule has 2 N–H and O–H groups in total. The summed E-state index contributed by atoms with van der Waals surface area (Å²) in [6.45, 7) is 4.90. The molecule has 0 spiro atoms. The van der Waals surface area contributed by atoms with Crippen LogP contribution in [0.3, 0.4) is 0 Å². The van der Waals surface area contributed by atoms with Crippen LogP contribution in [0.1, 0.15) is 30.4 Å². The molecule has 1 fully saturated rings. The van der Waals surface area contributed by atoms with Gasteiger partial charge in [-0.15, -0.1) is 0 Å². The van der Waals surface area contributed by atoms with Gasteiger partial charge in [0, 0.05) is 11.8 Å². The van der Waals surface area contributed by atoms with Gasteiger partial charge in [0.15, 0.2) is 0 Å². The fraction of sp³-hybridized carbons (Fsp3) is 0.500. The van der Waals surface area contributed by atoms with Crippen molar-refractivity contribution in [1.29, 1.82) is 0 Å². The van der Waals surface area contributed by atoms with Crippen LogP contribution < -0.4 is 10.5 Å². The van der Waals surface area contributed by atoms with Crippen LogP contribution >= 0.6 is 12.2 Å². The molecule has 1 aliphatic carbocycles. The molecular weight excluding hydrogens is 230 g/mol. The fourth-order valence-electron chi connectivity index (χ4n) is 2.11. The van der Waals surface area contributed by atoms with E-state index < -0.39 is 0 Å². The molecule has 0 amide bonds. The van der Waals surface area contributed by atoms with Gasteiger partial charge in [0.1, 0.15) is 5.75 Å². The average Bonchev–Trinajstić information content (AvgIpc) is 2.96. The molecule has 1 saturated carbocycles. The van der Waals surface area contributed by atoms with Crippen molar-refractivity contribution < 1.29 is 4.74 Å². The zero-order valence-electron chi connectivity index (χ0n) is 10.5. The SMILES string of the molecule is Cc1ccc(OCC2(CC(N)=S)CC2)c(C)c1. The average molecular weight is 249 g/mol. The molecule has 1 aromatic carbocycles. The molecule has 0 saturated heterocycles. The highest BCUT2D eigenvalue weighted by atomic mass is 32.1. The Morgan fingerprint density at radius 1 is 1.41 bits per heavy atom. The Balaban J connectivity index is 1.96. The number of ether oxygens (including phenoxy) is 1. The van der Waals surface area contributed by atoms with Gasteiger partial charge in [-0.05, 0) is 38.3 Å². The lowest BCUT2D eigenvalue weighted by Crippen LogP contribution is -2.21. The number of nitrogens with two attached hydrogens (primary N) is 1. The molecule has 0 aromatic heterocycles. The minimum absolute atomic E-state index is 0.225. The minimum atomic E-state index is 0.225. The van der Waals surface area contributed by atoms with Crippen LogP contribution in [0.15, 0.2) is 18.2 Å². The molecule has 3 heteroatoms. The number of hydrogen-bond donors (Lipinski definition) is 1.